The molecule has 0 aliphatic heterocycles. The molecule has 0 rings (SSSR count). The van der Waals surface area contributed by atoms with Gasteiger partial charge in [-0.3, -0.25) is 9.69 Å². The van der Waals surface area contributed by atoms with Crippen LogP contribution in [0.2, 0.25) is 0 Å². The summed E-state index contributed by atoms with van der Waals surface area (Å²) in [5.41, 5.74) is 0. The molecule has 0 amide bonds. The topological polar surface area (TPSA) is 64.5 Å². The standard InChI is InChI=1S/C7H15NO2.H3N/c1-5-7(8(3)4)10-6(2)9;/h7H,5H2,1-4H3;1H3. The average Bonchev–Trinajstić information content (AvgIpc) is 1.81. The monoisotopic (exact) mass is 162 g/mol. The Labute approximate surface area is 68.1 Å². The maximum absolute atomic E-state index is 10.5. The number of carbonyl (C=O) groups is 1. The zero-order valence-corrected chi connectivity index (χ0v) is 7.76. The first-order valence-corrected chi connectivity index (χ1v) is 3.41. The van der Waals surface area contributed by atoms with Crippen LogP contribution in [0.5, 0.6) is 0 Å². The molecule has 0 fully saturated rings. The Kier molecular flexibility index (Phi) is 7.24. The van der Waals surface area contributed by atoms with Crippen molar-refractivity contribution < 1.29 is 9.53 Å². The van der Waals surface area contributed by atoms with Crippen molar-refractivity contribution in [3.05, 3.63) is 0 Å². The first-order valence-electron chi connectivity index (χ1n) is 3.41. The summed E-state index contributed by atoms with van der Waals surface area (Å²) in [5, 5.41) is 0. The molecule has 4 heteroatoms. The fourth-order valence-corrected chi connectivity index (χ4v) is 0.745. The summed E-state index contributed by atoms with van der Waals surface area (Å²) in [6, 6.07) is 0. The molecular weight excluding hydrogens is 144 g/mol. The largest absolute Gasteiger partial charge is 0.447 e. The van der Waals surface area contributed by atoms with E-state index in [1.165, 1.54) is 6.92 Å². The molecular formula is C7H18N2O2. The third kappa shape index (κ3) is 5.82. The van der Waals surface area contributed by atoms with Gasteiger partial charge in [-0.2, -0.15) is 0 Å². The molecule has 1 unspecified atom stereocenters. The second-order valence-electron chi connectivity index (χ2n) is 2.44. The van der Waals surface area contributed by atoms with E-state index in [0.29, 0.717) is 0 Å². The maximum atomic E-state index is 10.5. The van der Waals surface area contributed by atoms with E-state index in [9.17, 15) is 4.79 Å². The normalized spacial score (nSPS) is 12.1. The summed E-state index contributed by atoms with van der Waals surface area (Å²) in [5.74, 6) is -0.222. The lowest BCUT2D eigenvalue weighted by Crippen LogP contribution is -2.31. The third-order valence-electron chi connectivity index (χ3n) is 1.23. The van der Waals surface area contributed by atoms with E-state index in [-0.39, 0.29) is 18.3 Å². The Morgan fingerprint density at radius 1 is 1.55 bits per heavy atom. The zero-order valence-electron chi connectivity index (χ0n) is 7.76. The Balaban J connectivity index is 0. The number of rotatable bonds is 3. The molecule has 0 saturated carbocycles. The second kappa shape index (κ2) is 6.12. The van der Waals surface area contributed by atoms with E-state index in [4.69, 9.17) is 4.74 Å². The smallest absolute Gasteiger partial charge is 0.304 e. The molecule has 0 aromatic heterocycles. The Hall–Kier alpha value is -0.610. The quantitative estimate of drug-likeness (QED) is 0.497. The Morgan fingerprint density at radius 2 is 2.00 bits per heavy atom. The van der Waals surface area contributed by atoms with Crippen LogP contribution in [0.1, 0.15) is 20.3 Å². The predicted octanol–water partition coefficient (Wildman–Crippen LogP) is 1.01. The number of esters is 1. The van der Waals surface area contributed by atoms with E-state index >= 15 is 0 Å². The molecule has 0 spiro atoms. The zero-order chi connectivity index (χ0) is 8.15. The number of nitrogens with zero attached hydrogens (tertiary/aromatic N) is 1. The van der Waals surface area contributed by atoms with Crippen molar-refractivity contribution in [3.63, 3.8) is 0 Å². The van der Waals surface area contributed by atoms with Crippen LogP contribution in [0.25, 0.3) is 0 Å². The van der Waals surface area contributed by atoms with Crippen molar-refractivity contribution in [1.29, 1.82) is 0 Å². The Morgan fingerprint density at radius 3 is 2.09 bits per heavy atom. The fraction of sp³-hybridized carbons (Fsp3) is 0.857. The summed E-state index contributed by atoms with van der Waals surface area (Å²) in [6.45, 7) is 3.40. The first kappa shape index (κ1) is 13.0. The summed E-state index contributed by atoms with van der Waals surface area (Å²) in [4.78, 5) is 12.3. The highest BCUT2D eigenvalue weighted by Gasteiger charge is 2.10. The molecule has 4 nitrogen and oxygen atoms in total. The van der Waals surface area contributed by atoms with E-state index in [2.05, 4.69) is 0 Å². The lowest BCUT2D eigenvalue weighted by Gasteiger charge is -2.21. The highest BCUT2D eigenvalue weighted by molar-refractivity contribution is 5.66. The van der Waals surface area contributed by atoms with E-state index < -0.39 is 0 Å². The van der Waals surface area contributed by atoms with Crippen LogP contribution in [-0.4, -0.2) is 31.2 Å². The summed E-state index contributed by atoms with van der Waals surface area (Å²) in [6.07, 6.45) is 0.754. The van der Waals surface area contributed by atoms with Gasteiger partial charge in [-0.15, -0.1) is 0 Å². The number of hydrogen-bond acceptors (Lipinski definition) is 4. The minimum Gasteiger partial charge on any atom is -0.447 e. The molecule has 0 radical (unpaired) electrons. The van der Waals surface area contributed by atoms with Gasteiger partial charge in [0.15, 0.2) is 6.23 Å². The molecule has 3 N–H and O–H groups in total. The van der Waals surface area contributed by atoms with Gasteiger partial charge >= 0.3 is 5.97 Å². The van der Waals surface area contributed by atoms with E-state index in [1.54, 1.807) is 0 Å². The van der Waals surface area contributed by atoms with Gasteiger partial charge in [0.25, 0.3) is 0 Å². The van der Waals surface area contributed by atoms with Gasteiger partial charge in [0.05, 0.1) is 0 Å². The number of ether oxygens (including phenoxy) is 1. The minimum atomic E-state index is -0.222. The van der Waals surface area contributed by atoms with E-state index in [1.807, 2.05) is 25.9 Å². The van der Waals surface area contributed by atoms with Crippen LogP contribution in [-0.2, 0) is 9.53 Å². The molecule has 68 valence electrons. The molecule has 0 aromatic carbocycles. The highest BCUT2D eigenvalue weighted by atomic mass is 16.6. The third-order valence-corrected chi connectivity index (χ3v) is 1.23. The van der Waals surface area contributed by atoms with Crippen LogP contribution >= 0.6 is 0 Å². The van der Waals surface area contributed by atoms with Gasteiger partial charge < -0.3 is 10.9 Å². The number of carbonyl (C=O) groups excluding carboxylic acids is 1. The molecule has 0 aliphatic rings. The molecule has 0 saturated heterocycles. The molecule has 0 aromatic rings. The SMILES string of the molecule is CCC(OC(C)=O)N(C)C.N. The van der Waals surface area contributed by atoms with Crippen molar-refractivity contribution in [3.8, 4) is 0 Å². The van der Waals surface area contributed by atoms with Gasteiger partial charge in [-0.05, 0) is 20.5 Å². The maximum Gasteiger partial charge on any atom is 0.304 e. The molecule has 0 heterocycles. The van der Waals surface area contributed by atoms with Crippen molar-refractivity contribution in [1.82, 2.24) is 11.1 Å². The van der Waals surface area contributed by atoms with Crippen molar-refractivity contribution in [2.24, 2.45) is 0 Å². The number of hydrogen-bond donors (Lipinski definition) is 1. The van der Waals surface area contributed by atoms with Crippen LogP contribution in [0.15, 0.2) is 0 Å². The van der Waals surface area contributed by atoms with Crippen molar-refractivity contribution in [2.45, 2.75) is 26.5 Å². The summed E-state index contributed by atoms with van der Waals surface area (Å²) >= 11 is 0. The van der Waals surface area contributed by atoms with Gasteiger partial charge in [0, 0.05) is 6.92 Å². The predicted molar refractivity (Wildman–Crippen MR) is 44.6 cm³/mol. The molecule has 1 atom stereocenters. The lowest BCUT2D eigenvalue weighted by molar-refractivity contribution is -0.154. The first-order chi connectivity index (χ1) is 4.57. The van der Waals surface area contributed by atoms with Crippen LogP contribution in [0.4, 0.5) is 0 Å². The highest BCUT2D eigenvalue weighted by Crippen LogP contribution is 2.00. The second-order valence-corrected chi connectivity index (χ2v) is 2.44. The molecule has 11 heavy (non-hydrogen) atoms. The van der Waals surface area contributed by atoms with Crippen LogP contribution < -0.4 is 6.15 Å². The van der Waals surface area contributed by atoms with Gasteiger partial charge in [0.1, 0.15) is 0 Å². The lowest BCUT2D eigenvalue weighted by atomic mass is 10.4. The van der Waals surface area contributed by atoms with Crippen LogP contribution in [0.3, 0.4) is 0 Å². The molecule has 0 bridgehead atoms. The van der Waals surface area contributed by atoms with Gasteiger partial charge in [-0.25, -0.2) is 0 Å². The molecule has 0 aliphatic carbocycles. The minimum absolute atomic E-state index is 0. The summed E-state index contributed by atoms with van der Waals surface area (Å²) < 4.78 is 4.95. The van der Waals surface area contributed by atoms with Gasteiger partial charge in [0.2, 0.25) is 0 Å². The fourth-order valence-electron chi connectivity index (χ4n) is 0.745. The average molecular weight is 162 g/mol. The summed E-state index contributed by atoms with van der Waals surface area (Å²) in [7, 11) is 3.77. The van der Waals surface area contributed by atoms with E-state index in [0.717, 1.165) is 6.42 Å². The Bertz CT molecular complexity index is 115. The van der Waals surface area contributed by atoms with Crippen LogP contribution in [0, 0.1) is 0 Å². The van der Waals surface area contributed by atoms with Gasteiger partial charge in [-0.1, -0.05) is 6.92 Å². The van der Waals surface area contributed by atoms with Crippen molar-refractivity contribution in [2.75, 3.05) is 14.1 Å². The van der Waals surface area contributed by atoms with Crippen molar-refractivity contribution >= 4 is 5.97 Å².